The quantitative estimate of drug-likeness (QED) is 0.828. The second kappa shape index (κ2) is 4.07. The molecule has 0 spiro atoms. The van der Waals surface area contributed by atoms with Crippen molar-refractivity contribution in [3.05, 3.63) is 35.4 Å². The first-order valence-electron chi connectivity index (χ1n) is 6.10. The number of hydrogen-bond acceptors (Lipinski definition) is 2. The fourth-order valence-electron chi connectivity index (χ4n) is 2.56. The second-order valence-corrected chi connectivity index (χ2v) is 5.83. The highest BCUT2D eigenvalue weighted by Gasteiger charge is 2.50. The molecule has 0 aliphatic carbocycles. The van der Waals surface area contributed by atoms with Crippen LogP contribution in [0.3, 0.4) is 0 Å². The molecule has 0 bridgehead atoms. The highest BCUT2D eigenvalue weighted by Crippen LogP contribution is 2.45. The average Bonchev–Trinajstić information content (AvgIpc) is 2.70. The standard InChI is InChI=1S/C14H21FN2/c1-13(2,3)14(15,9-16)12-11-7-5-4-6-10(11)8-17-12/h4-7,12,17H,8-9,16H2,1-3H3. The van der Waals surface area contributed by atoms with Gasteiger partial charge in [0.2, 0.25) is 0 Å². The summed E-state index contributed by atoms with van der Waals surface area (Å²) in [5.74, 6) is 0. The van der Waals surface area contributed by atoms with E-state index in [0.29, 0.717) is 0 Å². The lowest BCUT2D eigenvalue weighted by Crippen LogP contribution is -2.52. The van der Waals surface area contributed by atoms with Gasteiger partial charge in [0.05, 0.1) is 6.04 Å². The number of nitrogens with two attached hydrogens (primary N) is 1. The molecular formula is C14H21FN2. The summed E-state index contributed by atoms with van der Waals surface area (Å²) in [5, 5.41) is 3.27. The molecule has 1 aliphatic heterocycles. The summed E-state index contributed by atoms with van der Waals surface area (Å²) in [6.45, 7) is 6.47. The highest BCUT2D eigenvalue weighted by atomic mass is 19.1. The van der Waals surface area contributed by atoms with Gasteiger partial charge in [-0.15, -0.1) is 0 Å². The first kappa shape index (κ1) is 12.5. The zero-order chi connectivity index (χ0) is 12.7. The Bertz CT molecular complexity index is 411. The molecule has 0 radical (unpaired) electrons. The van der Waals surface area contributed by atoms with Crippen molar-refractivity contribution >= 4 is 0 Å². The zero-order valence-corrected chi connectivity index (χ0v) is 10.8. The summed E-state index contributed by atoms with van der Waals surface area (Å²) in [6.07, 6.45) is 0. The zero-order valence-electron chi connectivity index (χ0n) is 10.8. The predicted molar refractivity (Wildman–Crippen MR) is 68.4 cm³/mol. The summed E-state index contributed by atoms with van der Waals surface area (Å²) in [7, 11) is 0. The van der Waals surface area contributed by atoms with Crippen LogP contribution in [0.2, 0.25) is 0 Å². The van der Waals surface area contributed by atoms with Crippen molar-refractivity contribution in [3.8, 4) is 0 Å². The smallest absolute Gasteiger partial charge is 0.147 e. The summed E-state index contributed by atoms with van der Waals surface area (Å²) < 4.78 is 15.2. The van der Waals surface area contributed by atoms with Gasteiger partial charge in [-0.05, 0) is 16.5 Å². The molecule has 2 nitrogen and oxygen atoms in total. The Morgan fingerprint density at radius 3 is 2.59 bits per heavy atom. The minimum Gasteiger partial charge on any atom is -0.327 e. The molecule has 17 heavy (non-hydrogen) atoms. The first-order chi connectivity index (χ1) is 7.90. The molecule has 0 amide bonds. The van der Waals surface area contributed by atoms with Crippen LogP contribution in [0.4, 0.5) is 4.39 Å². The maximum atomic E-state index is 15.2. The van der Waals surface area contributed by atoms with Gasteiger partial charge in [0.25, 0.3) is 0 Å². The van der Waals surface area contributed by atoms with Gasteiger partial charge in [0.15, 0.2) is 0 Å². The van der Waals surface area contributed by atoms with E-state index in [1.165, 1.54) is 5.56 Å². The molecule has 1 aromatic rings. The van der Waals surface area contributed by atoms with Crippen molar-refractivity contribution in [2.24, 2.45) is 11.1 Å². The normalized spacial score (nSPS) is 23.2. The van der Waals surface area contributed by atoms with Gasteiger partial charge >= 0.3 is 0 Å². The van der Waals surface area contributed by atoms with Gasteiger partial charge in [-0.1, -0.05) is 45.0 Å². The van der Waals surface area contributed by atoms with Gasteiger partial charge in [-0.2, -0.15) is 0 Å². The minimum atomic E-state index is -1.43. The Balaban J connectivity index is 2.42. The SMILES string of the molecule is CC(C)(C)C(F)(CN)C1NCc2ccccc21. The van der Waals surface area contributed by atoms with E-state index in [2.05, 4.69) is 5.32 Å². The molecule has 94 valence electrons. The molecule has 0 aromatic heterocycles. The lowest BCUT2D eigenvalue weighted by atomic mass is 9.72. The molecule has 2 unspecified atom stereocenters. The number of alkyl halides is 1. The van der Waals surface area contributed by atoms with Crippen molar-refractivity contribution in [1.82, 2.24) is 5.32 Å². The van der Waals surface area contributed by atoms with Crippen molar-refractivity contribution in [2.75, 3.05) is 6.54 Å². The minimum absolute atomic E-state index is 0.0303. The molecule has 0 saturated heterocycles. The van der Waals surface area contributed by atoms with Crippen LogP contribution >= 0.6 is 0 Å². The molecule has 0 fully saturated rings. The van der Waals surface area contributed by atoms with E-state index in [4.69, 9.17) is 5.73 Å². The monoisotopic (exact) mass is 236 g/mol. The molecule has 3 heteroatoms. The van der Waals surface area contributed by atoms with Crippen molar-refractivity contribution in [1.29, 1.82) is 0 Å². The molecule has 2 atom stereocenters. The molecule has 1 aromatic carbocycles. The van der Waals surface area contributed by atoms with Gasteiger partial charge in [0, 0.05) is 13.1 Å². The number of rotatable bonds is 2. The van der Waals surface area contributed by atoms with E-state index >= 15 is 4.39 Å². The second-order valence-electron chi connectivity index (χ2n) is 5.83. The van der Waals surface area contributed by atoms with Gasteiger partial charge in [0.1, 0.15) is 5.67 Å². The number of hydrogen-bond donors (Lipinski definition) is 2. The number of fused-ring (bicyclic) bond motifs is 1. The van der Waals surface area contributed by atoms with E-state index in [1.54, 1.807) is 0 Å². The van der Waals surface area contributed by atoms with Crippen LogP contribution < -0.4 is 11.1 Å². The number of benzene rings is 1. The van der Waals surface area contributed by atoms with E-state index in [-0.39, 0.29) is 12.6 Å². The molecule has 3 N–H and O–H groups in total. The van der Waals surface area contributed by atoms with Crippen LogP contribution in [0, 0.1) is 5.41 Å². The third-order valence-corrected chi connectivity index (χ3v) is 3.86. The van der Waals surface area contributed by atoms with Crippen LogP contribution in [-0.2, 0) is 6.54 Å². The van der Waals surface area contributed by atoms with E-state index in [1.807, 2.05) is 45.0 Å². The van der Waals surface area contributed by atoms with E-state index in [9.17, 15) is 0 Å². The Kier molecular flexibility index (Phi) is 3.00. The third kappa shape index (κ3) is 1.87. The third-order valence-electron chi connectivity index (χ3n) is 3.86. The van der Waals surface area contributed by atoms with Crippen LogP contribution in [0.15, 0.2) is 24.3 Å². The number of nitrogens with one attached hydrogen (secondary N) is 1. The Morgan fingerprint density at radius 2 is 2.00 bits per heavy atom. The molecule has 1 aliphatic rings. The highest BCUT2D eigenvalue weighted by molar-refractivity contribution is 5.36. The predicted octanol–water partition coefficient (Wildman–Crippen LogP) is 2.54. The topological polar surface area (TPSA) is 38.0 Å². The summed E-state index contributed by atoms with van der Waals surface area (Å²) >= 11 is 0. The molecule has 1 heterocycles. The fourth-order valence-corrected chi connectivity index (χ4v) is 2.56. The Labute approximate surface area is 102 Å². The van der Waals surface area contributed by atoms with Crippen LogP contribution in [0.25, 0.3) is 0 Å². The van der Waals surface area contributed by atoms with Gasteiger partial charge in [-0.3, -0.25) is 0 Å². The van der Waals surface area contributed by atoms with Crippen molar-refractivity contribution in [2.45, 2.75) is 39.0 Å². The lowest BCUT2D eigenvalue weighted by molar-refractivity contribution is 0.00188. The van der Waals surface area contributed by atoms with Gasteiger partial charge in [-0.25, -0.2) is 4.39 Å². The number of halogens is 1. The lowest BCUT2D eigenvalue weighted by Gasteiger charge is -2.41. The van der Waals surface area contributed by atoms with E-state index in [0.717, 1.165) is 12.1 Å². The van der Waals surface area contributed by atoms with Crippen molar-refractivity contribution < 1.29 is 4.39 Å². The maximum Gasteiger partial charge on any atom is 0.147 e. The first-order valence-corrected chi connectivity index (χ1v) is 6.10. The van der Waals surface area contributed by atoms with Crippen LogP contribution in [0.1, 0.15) is 37.9 Å². The largest absolute Gasteiger partial charge is 0.327 e. The summed E-state index contributed by atoms with van der Waals surface area (Å²) in [4.78, 5) is 0. The van der Waals surface area contributed by atoms with E-state index < -0.39 is 11.1 Å². The summed E-state index contributed by atoms with van der Waals surface area (Å²) in [6, 6.07) is 7.68. The van der Waals surface area contributed by atoms with Crippen molar-refractivity contribution in [3.63, 3.8) is 0 Å². The van der Waals surface area contributed by atoms with Crippen LogP contribution in [0.5, 0.6) is 0 Å². The Hall–Kier alpha value is -0.930. The molecular weight excluding hydrogens is 215 g/mol. The summed E-state index contributed by atoms with van der Waals surface area (Å²) in [5.41, 5.74) is 6.02. The fraction of sp³-hybridized carbons (Fsp3) is 0.571. The maximum absolute atomic E-state index is 15.2. The average molecular weight is 236 g/mol. The Morgan fingerprint density at radius 1 is 1.35 bits per heavy atom. The van der Waals surface area contributed by atoms with Gasteiger partial charge < -0.3 is 11.1 Å². The molecule has 0 saturated carbocycles. The molecule has 2 rings (SSSR count). The van der Waals surface area contributed by atoms with Crippen LogP contribution in [-0.4, -0.2) is 12.2 Å².